The molecule has 2 aromatic carbocycles. The van der Waals surface area contributed by atoms with Gasteiger partial charge in [-0.15, -0.1) is 24.0 Å². The lowest BCUT2D eigenvalue weighted by Crippen LogP contribution is -2.33. The Bertz CT molecular complexity index is 655. The van der Waals surface area contributed by atoms with Gasteiger partial charge in [0.15, 0.2) is 5.96 Å². The summed E-state index contributed by atoms with van der Waals surface area (Å²) >= 11 is 0. The highest BCUT2D eigenvalue weighted by Crippen LogP contribution is 2.22. The van der Waals surface area contributed by atoms with Crippen molar-refractivity contribution in [2.24, 2.45) is 10.7 Å². The van der Waals surface area contributed by atoms with Gasteiger partial charge in [-0.3, -0.25) is 0 Å². The van der Waals surface area contributed by atoms with Gasteiger partial charge in [-0.05, 0) is 54.8 Å². The van der Waals surface area contributed by atoms with Crippen LogP contribution in [0.3, 0.4) is 0 Å². The van der Waals surface area contributed by atoms with Gasteiger partial charge in [-0.1, -0.05) is 12.1 Å². The Labute approximate surface area is 152 Å². The van der Waals surface area contributed by atoms with Gasteiger partial charge >= 0.3 is 0 Å². The summed E-state index contributed by atoms with van der Waals surface area (Å²) in [6, 6.07) is 14.0. The number of benzene rings is 2. The molecule has 0 aromatic heterocycles. The molecule has 0 amide bonds. The van der Waals surface area contributed by atoms with Crippen LogP contribution in [0.4, 0.5) is 4.39 Å². The number of guanidine groups is 1. The molecule has 1 saturated carbocycles. The van der Waals surface area contributed by atoms with Crippen molar-refractivity contribution in [3.05, 3.63) is 59.9 Å². The third kappa shape index (κ3) is 5.70. The van der Waals surface area contributed by atoms with Crippen LogP contribution in [0.1, 0.15) is 18.4 Å². The summed E-state index contributed by atoms with van der Waals surface area (Å²) in [6.45, 7) is 0.530. The fourth-order valence-electron chi connectivity index (χ4n) is 1.96. The van der Waals surface area contributed by atoms with Crippen LogP contribution in [0.15, 0.2) is 53.5 Å². The summed E-state index contributed by atoms with van der Waals surface area (Å²) in [7, 11) is 0. The number of hydrogen-bond acceptors (Lipinski definition) is 2. The Hall–Kier alpha value is -1.83. The maximum atomic E-state index is 12.8. The van der Waals surface area contributed by atoms with Crippen molar-refractivity contribution in [2.45, 2.75) is 25.4 Å². The second-order valence-corrected chi connectivity index (χ2v) is 5.32. The molecule has 0 unspecified atom stereocenters. The monoisotopic (exact) mass is 427 g/mol. The molecule has 1 aliphatic rings. The van der Waals surface area contributed by atoms with Crippen molar-refractivity contribution < 1.29 is 9.13 Å². The Morgan fingerprint density at radius 1 is 1.09 bits per heavy atom. The molecule has 0 bridgehead atoms. The van der Waals surface area contributed by atoms with E-state index in [9.17, 15) is 4.39 Å². The van der Waals surface area contributed by atoms with E-state index < -0.39 is 0 Å². The first-order valence-corrected chi connectivity index (χ1v) is 7.28. The van der Waals surface area contributed by atoms with Crippen LogP contribution in [0.5, 0.6) is 11.5 Å². The van der Waals surface area contributed by atoms with Gasteiger partial charge in [-0.25, -0.2) is 9.38 Å². The third-order valence-electron chi connectivity index (χ3n) is 3.33. The molecule has 0 radical (unpaired) electrons. The number of rotatable bonds is 5. The highest BCUT2D eigenvalue weighted by molar-refractivity contribution is 14.0. The van der Waals surface area contributed by atoms with Gasteiger partial charge in [0.25, 0.3) is 0 Å². The first-order chi connectivity index (χ1) is 10.7. The maximum absolute atomic E-state index is 12.8. The molecular weight excluding hydrogens is 408 g/mol. The topological polar surface area (TPSA) is 59.6 Å². The van der Waals surface area contributed by atoms with E-state index in [1.165, 1.54) is 25.0 Å². The minimum Gasteiger partial charge on any atom is -0.457 e. The highest BCUT2D eigenvalue weighted by atomic mass is 127. The molecule has 6 heteroatoms. The van der Waals surface area contributed by atoms with E-state index in [1.54, 1.807) is 12.1 Å². The quantitative estimate of drug-likeness (QED) is 0.434. The Kier molecular flexibility index (Phi) is 6.20. The van der Waals surface area contributed by atoms with E-state index >= 15 is 0 Å². The van der Waals surface area contributed by atoms with Crippen LogP contribution in [-0.2, 0) is 6.54 Å². The van der Waals surface area contributed by atoms with Crippen molar-refractivity contribution in [1.82, 2.24) is 5.32 Å². The standard InChI is InChI=1S/C17H18FN3O.HI/c18-13-3-9-16(10-4-13)22-15-7-1-12(2-8-15)11-20-17(19)21-14-5-6-14;/h1-4,7-10,14H,5-6,11H2,(H3,19,20,21);1H. The number of ether oxygens (including phenoxy) is 1. The molecule has 1 fully saturated rings. The lowest BCUT2D eigenvalue weighted by molar-refractivity contribution is 0.480. The van der Waals surface area contributed by atoms with E-state index in [1.807, 2.05) is 24.3 Å². The molecule has 3 rings (SSSR count). The van der Waals surface area contributed by atoms with E-state index in [2.05, 4.69) is 10.3 Å². The average Bonchev–Trinajstić information content (AvgIpc) is 3.33. The van der Waals surface area contributed by atoms with Gasteiger partial charge in [0.05, 0.1) is 6.54 Å². The van der Waals surface area contributed by atoms with Gasteiger partial charge in [0.2, 0.25) is 0 Å². The summed E-state index contributed by atoms with van der Waals surface area (Å²) in [5.74, 6) is 1.51. The van der Waals surface area contributed by atoms with E-state index in [4.69, 9.17) is 10.5 Å². The van der Waals surface area contributed by atoms with E-state index in [0.29, 0.717) is 30.0 Å². The second kappa shape index (κ2) is 8.14. The number of nitrogens with one attached hydrogen (secondary N) is 1. The van der Waals surface area contributed by atoms with Crippen molar-refractivity contribution in [3.8, 4) is 11.5 Å². The van der Waals surface area contributed by atoms with E-state index in [0.717, 1.165) is 5.56 Å². The lowest BCUT2D eigenvalue weighted by Gasteiger charge is -2.06. The SMILES string of the molecule is I.NC(=NCc1ccc(Oc2ccc(F)cc2)cc1)NC1CC1. The van der Waals surface area contributed by atoms with E-state index in [-0.39, 0.29) is 29.8 Å². The summed E-state index contributed by atoms with van der Waals surface area (Å²) in [4.78, 5) is 4.30. The minimum absolute atomic E-state index is 0. The zero-order valence-corrected chi connectivity index (χ0v) is 14.9. The number of hydrogen-bond donors (Lipinski definition) is 2. The molecule has 122 valence electrons. The summed E-state index contributed by atoms with van der Waals surface area (Å²) < 4.78 is 18.5. The van der Waals surface area contributed by atoms with Gasteiger partial charge in [0.1, 0.15) is 17.3 Å². The Balaban J connectivity index is 0.00000192. The van der Waals surface area contributed by atoms with Crippen LogP contribution in [0.2, 0.25) is 0 Å². The molecule has 2 aromatic rings. The van der Waals surface area contributed by atoms with Crippen molar-refractivity contribution in [3.63, 3.8) is 0 Å². The summed E-state index contributed by atoms with van der Waals surface area (Å²) in [5.41, 5.74) is 6.84. The Morgan fingerprint density at radius 3 is 2.22 bits per heavy atom. The zero-order chi connectivity index (χ0) is 15.4. The van der Waals surface area contributed by atoms with Crippen LogP contribution in [0, 0.1) is 5.82 Å². The number of nitrogens with two attached hydrogens (primary N) is 1. The predicted octanol–water partition coefficient (Wildman–Crippen LogP) is 3.80. The number of aliphatic imine (C=N–C) groups is 1. The molecule has 0 saturated heterocycles. The van der Waals surface area contributed by atoms with Gasteiger partial charge < -0.3 is 15.8 Å². The molecule has 0 aliphatic heterocycles. The molecule has 0 atom stereocenters. The Morgan fingerprint density at radius 2 is 1.65 bits per heavy atom. The second-order valence-electron chi connectivity index (χ2n) is 5.32. The third-order valence-corrected chi connectivity index (χ3v) is 3.33. The molecule has 1 aliphatic carbocycles. The summed E-state index contributed by atoms with van der Waals surface area (Å²) in [5, 5.41) is 3.15. The largest absolute Gasteiger partial charge is 0.457 e. The fourth-order valence-corrected chi connectivity index (χ4v) is 1.96. The smallest absolute Gasteiger partial charge is 0.189 e. The highest BCUT2D eigenvalue weighted by Gasteiger charge is 2.21. The number of halogens is 2. The molecule has 3 N–H and O–H groups in total. The summed E-state index contributed by atoms with van der Waals surface area (Å²) in [6.07, 6.45) is 2.34. The van der Waals surface area contributed by atoms with Crippen LogP contribution in [-0.4, -0.2) is 12.0 Å². The van der Waals surface area contributed by atoms with Crippen molar-refractivity contribution in [2.75, 3.05) is 0 Å². The molecular formula is C17H19FIN3O. The van der Waals surface area contributed by atoms with Gasteiger partial charge in [-0.2, -0.15) is 0 Å². The first kappa shape index (κ1) is 17.5. The van der Waals surface area contributed by atoms with Crippen LogP contribution in [0.25, 0.3) is 0 Å². The lowest BCUT2D eigenvalue weighted by atomic mass is 10.2. The molecule has 4 nitrogen and oxygen atoms in total. The average molecular weight is 427 g/mol. The maximum Gasteiger partial charge on any atom is 0.189 e. The van der Waals surface area contributed by atoms with Crippen LogP contribution < -0.4 is 15.8 Å². The van der Waals surface area contributed by atoms with Crippen molar-refractivity contribution >= 4 is 29.9 Å². The van der Waals surface area contributed by atoms with Crippen LogP contribution >= 0.6 is 24.0 Å². The fraction of sp³-hybridized carbons (Fsp3) is 0.235. The molecule has 23 heavy (non-hydrogen) atoms. The first-order valence-electron chi connectivity index (χ1n) is 7.28. The van der Waals surface area contributed by atoms with Gasteiger partial charge in [0, 0.05) is 6.04 Å². The van der Waals surface area contributed by atoms with Crippen molar-refractivity contribution in [1.29, 1.82) is 0 Å². The molecule has 0 spiro atoms. The zero-order valence-electron chi connectivity index (χ0n) is 12.5. The molecule has 0 heterocycles. The minimum atomic E-state index is -0.280. The number of nitrogens with zero attached hydrogens (tertiary/aromatic N) is 1. The predicted molar refractivity (Wildman–Crippen MR) is 99.8 cm³/mol. The normalized spacial score (nSPS) is 14.0.